The normalized spacial score (nSPS) is 13.6. The number of nitrogens with zero attached hydrogens (tertiary/aromatic N) is 3. The van der Waals surface area contributed by atoms with E-state index < -0.39 is 9.84 Å². The molecule has 1 saturated carbocycles. The van der Waals surface area contributed by atoms with Crippen LogP contribution in [0.1, 0.15) is 30.1 Å². The molecule has 1 aliphatic rings. The fourth-order valence-electron chi connectivity index (χ4n) is 3.45. The maximum atomic E-state index is 12.9. The zero-order chi connectivity index (χ0) is 22.9. The van der Waals surface area contributed by atoms with Crippen LogP contribution in [0, 0.1) is 5.92 Å². The number of benzene rings is 2. The highest BCUT2D eigenvalue weighted by Crippen LogP contribution is 2.33. The molecule has 0 N–H and O–H groups in total. The molecule has 2 aromatic carbocycles. The summed E-state index contributed by atoms with van der Waals surface area (Å²) in [7, 11) is -1.68. The summed E-state index contributed by atoms with van der Waals surface area (Å²) < 4.78 is 25.0. The van der Waals surface area contributed by atoms with Crippen molar-refractivity contribution in [2.45, 2.75) is 24.7 Å². The molecule has 4 rings (SSSR count). The highest BCUT2D eigenvalue weighted by Gasteiger charge is 2.29. The molecular formula is C23H23N3O4S2. The van der Waals surface area contributed by atoms with Crippen LogP contribution in [0.5, 0.6) is 0 Å². The summed E-state index contributed by atoms with van der Waals surface area (Å²) in [4.78, 5) is 32.7. The van der Waals surface area contributed by atoms with Crippen LogP contribution >= 0.6 is 11.3 Å². The van der Waals surface area contributed by atoms with Gasteiger partial charge in [-0.15, -0.1) is 11.3 Å². The Labute approximate surface area is 191 Å². The Hall–Kier alpha value is -3.04. The fourth-order valence-corrected chi connectivity index (χ4v) is 5.75. The van der Waals surface area contributed by atoms with Crippen LogP contribution in [0.3, 0.4) is 0 Å². The standard InChI is InChI=1S/C23H23N3O4S2/c1-16(27)26(19-8-10-21(11-9-19)32(29,30)15-17-6-7-17)20-5-3-4-18(14-20)22(28)25(2)23-24-12-13-31-23/h3-5,8-14,17H,6-7,15H2,1-2H3. The van der Waals surface area contributed by atoms with Gasteiger partial charge in [0.1, 0.15) is 0 Å². The SMILES string of the molecule is CC(=O)N(c1ccc(S(=O)(=O)CC2CC2)cc1)c1cccc(C(=O)N(C)c2nccs2)c1. The van der Waals surface area contributed by atoms with Crippen LogP contribution in [-0.2, 0) is 14.6 Å². The first-order chi connectivity index (χ1) is 15.3. The van der Waals surface area contributed by atoms with Crippen molar-refractivity contribution < 1.29 is 18.0 Å². The van der Waals surface area contributed by atoms with Crippen molar-refractivity contribution >= 4 is 49.5 Å². The smallest absolute Gasteiger partial charge is 0.259 e. The summed E-state index contributed by atoms with van der Waals surface area (Å²) in [5.41, 5.74) is 1.46. The summed E-state index contributed by atoms with van der Waals surface area (Å²) in [5, 5.41) is 2.37. The Morgan fingerprint density at radius 2 is 1.81 bits per heavy atom. The number of rotatable bonds is 7. The van der Waals surface area contributed by atoms with E-state index in [0.717, 1.165) is 12.8 Å². The minimum atomic E-state index is -3.33. The molecule has 0 bridgehead atoms. The number of sulfone groups is 1. The molecule has 0 unspecified atom stereocenters. The molecule has 1 aliphatic carbocycles. The van der Waals surface area contributed by atoms with E-state index >= 15 is 0 Å². The summed E-state index contributed by atoms with van der Waals surface area (Å²) >= 11 is 1.36. The van der Waals surface area contributed by atoms with Crippen LogP contribution < -0.4 is 9.80 Å². The van der Waals surface area contributed by atoms with Crippen molar-refractivity contribution in [3.8, 4) is 0 Å². The van der Waals surface area contributed by atoms with Crippen molar-refractivity contribution in [3.63, 3.8) is 0 Å². The van der Waals surface area contributed by atoms with E-state index in [9.17, 15) is 18.0 Å². The maximum absolute atomic E-state index is 12.9. The van der Waals surface area contributed by atoms with E-state index in [2.05, 4.69) is 4.98 Å². The highest BCUT2D eigenvalue weighted by molar-refractivity contribution is 7.91. The lowest BCUT2D eigenvalue weighted by atomic mass is 10.1. The number of amides is 2. The van der Waals surface area contributed by atoms with Gasteiger partial charge in [-0.2, -0.15) is 0 Å². The minimum Gasteiger partial charge on any atom is -0.287 e. The van der Waals surface area contributed by atoms with Crippen LogP contribution in [0.15, 0.2) is 65.0 Å². The second-order valence-corrected chi connectivity index (χ2v) is 10.7. The molecule has 0 saturated heterocycles. The molecule has 9 heteroatoms. The van der Waals surface area contributed by atoms with Crippen molar-refractivity contribution in [1.29, 1.82) is 0 Å². The van der Waals surface area contributed by atoms with Crippen molar-refractivity contribution in [2.75, 3.05) is 22.6 Å². The molecule has 1 heterocycles. The Bertz CT molecular complexity index is 1230. The first kappa shape index (κ1) is 22.2. The number of anilines is 3. The Morgan fingerprint density at radius 3 is 2.41 bits per heavy atom. The van der Waals surface area contributed by atoms with Crippen molar-refractivity contribution in [2.24, 2.45) is 5.92 Å². The van der Waals surface area contributed by atoms with Gasteiger partial charge in [0.05, 0.1) is 10.6 Å². The van der Waals surface area contributed by atoms with E-state index in [1.807, 2.05) is 0 Å². The van der Waals surface area contributed by atoms with E-state index in [4.69, 9.17) is 0 Å². The van der Waals surface area contributed by atoms with Crippen molar-refractivity contribution in [1.82, 2.24) is 4.98 Å². The summed E-state index contributed by atoms with van der Waals surface area (Å²) in [6.07, 6.45) is 3.55. The van der Waals surface area contributed by atoms with Gasteiger partial charge in [0, 0.05) is 42.5 Å². The molecule has 0 spiro atoms. The number of carbonyl (C=O) groups excluding carboxylic acids is 2. The number of hydrogen-bond donors (Lipinski definition) is 0. The third-order valence-electron chi connectivity index (χ3n) is 5.28. The van der Waals surface area contributed by atoms with Crippen molar-refractivity contribution in [3.05, 3.63) is 65.7 Å². The van der Waals surface area contributed by atoms with Gasteiger partial charge in [-0.1, -0.05) is 6.07 Å². The zero-order valence-electron chi connectivity index (χ0n) is 17.8. The Kier molecular flexibility index (Phi) is 6.12. The number of hydrogen-bond acceptors (Lipinski definition) is 6. The zero-order valence-corrected chi connectivity index (χ0v) is 19.4. The molecule has 166 valence electrons. The van der Waals surface area contributed by atoms with E-state index in [0.29, 0.717) is 22.1 Å². The lowest BCUT2D eigenvalue weighted by molar-refractivity contribution is -0.115. The van der Waals surface area contributed by atoms with Crippen LogP contribution in [0.25, 0.3) is 0 Å². The first-order valence-electron chi connectivity index (χ1n) is 10.2. The topological polar surface area (TPSA) is 87.7 Å². The number of thiazole rings is 1. The van der Waals surface area contributed by atoms with Gasteiger partial charge in [-0.25, -0.2) is 13.4 Å². The predicted molar refractivity (Wildman–Crippen MR) is 125 cm³/mol. The van der Waals surface area contributed by atoms with Crippen LogP contribution in [-0.4, -0.2) is 38.0 Å². The van der Waals surface area contributed by atoms with E-state index in [1.165, 1.54) is 40.2 Å². The molecule has 0 atom stereocenters. The van der Waals surface area contributed by atoms with E-state index in [-0.39, 0.29) is 28.4 Å². The molecule has 3 aromatic rings. The fraction of sp³-hybridized carbons (Fsp3) is 0.261. The molecule has 0 aliphatic heterocycles. The third kappa shape index (κ3) is 4.73. The maximum Gasteiger partial charge on any atom is 0.259 e. The minimum absolute atomic E-state index is 0.166. The summed E-state index contributed by atoms with van der Waals surface area (Å²) in [6, 6.07) is 13.1. The van der Waals surface area contributed by atoms with Gasteiger partial charge < -0.3 is 0 Å². The van der Waals surface area contributed by atoms with Gasteiger partial charge in [0.15, 0.2) is 15.0 Å². The molecule has 32 heavy (non-hydrogen) atoms. The van der Waals surface area contributed by atoms with Crippen LogP contribution in [0.4, 0.5) is 16.5 Å². The highest BCUT2D eigenvalue weighted by atomic mass is 32.2. The monoisotopic (exact) mass is 469 g/mol. The summed E-state index contributed by atoms with van der Waals surface area (Å²) in [6.45, 7) is 1.42. The largest absolute Gasteiger partial charge is 0.287 e. The lowest BCUT2D eigenvalue weighted by Gasteiger charge is -2.23. The van der Waals surface area contributed by atoms with Gasteiger partial charge in [0.25, 0.3) is 5.91 Å². The molecule has 0 radical (unpaired) electrons. The van der Waals surface area contributed by atoms with Gasteiger partial charge in [0.2, 0.25) is 5.91 Å². The Balaban J connectivity index is 1.61. The lowest BCUT2D eigenvalue weighted by Crippen LogP contribution is -2.27. The quantitative estimate of drug-likeness (QED) is 0.515. The average Bonchev–Trinajstić information content (AvgIpc) is 3.40. The average molecular weight is 470 g/mol. The number of aromatic nitrogens is 1. The molecular weight excluding hydrogens is 446 g/mol. The first-order valence-corrected chi connectivity index (χ1v) is 12.7. The molecule has 1 fully saturated rings. The second kappa shape index (κ2) is 8.84. The molecule has 2 amide bonds. The van der Waals surface area contributed by atoms with Gasteiger partial charge in [-0.05, 0) is 61.2 Å². The van der Waals surface area contributed by atoms with Crippen LogP contribution in [0.2, 0.25) is 0 Å². The molecule has 7 nitrogen and oxygen atoms in total. The molecule has 1 aromatic heterocycles. The predicted octanol–water partition coefficient (Wildman–Crippen LogP) is 4.29. The second-order valence-electron chi connectivity index (χ2n) is 7.80. The van der Waals surface area contributed by atoms with Gasteiger partial charge >= 0.3 is 0 Å². The number of carbonyl (C=O) groups is 2. The van der Waals surface area contributed by atoms with E-state index in [1.54, 1.807) is 55.0 Å². The Morgan fingerprint density at radius 1 is 1.09 bits per heavy atom. The summed E-state index contributed by atoms with van der Waals surface area (Å²) in [5.74, 6) is -0.0704. The van der Waals surface area contributed by atoms with Gasteiger partial charge in [-0.3, -0.25) is 19.4 Å². The third-order valence-corrected chi connectivity index (χ3v) is 8.03.